The SMILES string of the molecule is O=[SH](=O)NC1CCC2CCCCC2C1. The summed E-state index contributed by atoms with van der Waals surface area (Å²) in [5, 5.41) is 0. The Kier molecular flexibility index (Phi) is 3.44. The van der Waals surface area contributed by atoms with E-state index in [2.05, 4.69) is 4.72 Å². The van der Waals surface area contributed by atoms with E-state index in [-0.39, 0.29) is 6.04 Å². The van der Waals surface area contributed by atoms with Crippen molar-refractivity contribution in [2.75, 3.05) is 0 Å². The molecular formula is C10H19NO2S. The summed E-state index contributed by atoms with van der Waals surface area (Å²) in [6.45, 7) is 0. The molecule has 0 aliphatic heterocycles. The lowest BCUT2D eigenvalue weighted by Crippen LogP contribution is -2.38. The normalized spacial score (nSPS) is 38.2. The van der Waals surface area contributed by atoms with Crippen LogP contribution in [-0.4, -0.2) is 14.5 Å². The van der Waals surface area contributed by atoms with Gasteiger partial charge in [0.1, 0.15) is 0 Å². The average molecular weight is 217 g/mol. The van der Waals surface area contributed by atoms with Crippen molar-refractivity contribution in [3.8, 4) is 0 Å². The average Bonchev–Trinajstić information content (AvgIpc) is 2.17. The molecule has 14 heavy (non-hydrogen) atoms. The van der Waals surface area contributed by atoms with Gasteiger partial charge in [0.05, 0.1) is 0 Å². The van der Waals surface area contributed by atoms with Crippen LogP contribution in [0.25, 0.3) is 0 Å². The number of hydrogen-bond donors (Lipinski definition) is 2. The van der Waals surface area contributed by atoms with Gasteiger partial charge in [0, 0.05) is 6.04 Å². The second-order valence-corrected chi connectivity index (χ2v) is 5.47. The van der Waals surface area contributed by atoms with Crippen LogP contribution in [0.2, 0.25) is 0 Å². The fourth-order valence-electron chi connectivity index (χ4n) is 3.14. The van der Waals surface area contributed by atoms with Gasteiger partial charge >= 0.3 is 0 Å². The van der Waals surface area contributed by atoms with E-state index in [1.807, 2.05) is 0 Å². The monoisotopic (exact) mass is 217 g/mol. The molecule has 2 saturated carbocycles. The van der Waals surface area contributed by atoms with E-state index in [1.165, 1.54) is 32.1 Å². The van der Waals surface area contributed by atoms with E-state index in [4.69, 9.17) is 0 Å². The molecule has 2 aliphatic rings. The van der Waals surface area contributed by atoms with Crippen LogP contribution in [0.5, 0.6) is 0 Å². The first-order chi connectivity index (χ1) is 6.75. The van der Waals surface area contributed by atoms with Crippen molar-refractivity contribution in [1.29, 1.82) is 0 Å². The van der Waals surface area contributed by atoms with Crippen LogP contribution in [0.3, 0.4) is 0 Å². The Hall–Kier alpha value is -0.0900. The minimum atomic E-state index is -2.40. The topological polar surface area (TPSA) is 46.2 Å². The van der Waals surface area contributed by atoms with Gasteiger partial charge in [-0.15, -0.1) is 0 Å². The summed E-state index contributed by atoms with van der Waals surface area (Å²) in [6.07, 6.45) is 8.77. The van der Waals surface area contributed by atoms with Gasteiger partial charge < -0.3 is 0 Å². The van der Waals surface area contributed by atoms with Crippen LogP contribution in [-0.2, 0) is 10.9 Å². The maximum Gasteiger partial charge on any atom is 0.201 e. The zero-order chi connectivity index (χ0) is 9.97. The van der Waals surface area contributed by atoms with Crippen molar-refractivity contribution in [3.63, 3.8) is 0 Å². The van der Waals surface area contributed by atoms with Crippen molar-refractivity contribution in [2.24, 2.45) is 11.8 Å². The Morgan fingerprint density at radius 1 is 0.929 bits per heavy atom. The highest BCUT2D eigenvalue weighted by Gasteiger charge is 2.32. The van der Waals surface area contributed by atoms with Crippen LogP contribution in [0.4, 0.5) is 0 Å². The fourth-order valence-corrected chi connectivity index (χ4v) is 3.67. The van der Waals surface area contributed by atoms with Crippen molar-refractivity contribution >= 4 is 10.9 Å². The molecule has 0 saturated heterocycles. The Morgan fingerprint density at radius 2 is 1.64 bits per heavy atom. The third kappa shape index (κ3) is 2.48. The summed E-state index contributed by atoms with van der Waals surface area (Å²) in [5.74, 6) is 1.69. The maximum atomic E-state index is 10.6. The fraction of sp³-hybridized carbons (Fsp3) is 1.00. The molecule has 0 aromatic carbocycles. The van der Waals surface area contributed by atoms with Gasteiger partial charge in [-0.05, 0) is 31.1 Å². The zero-order valence-electron chi connectivity index (χ0n) is 8.45. The number of fused-ring (bicyclic) bond motifs is 1. The second-order valence-electron chi connectivity index (χ2n) is 4.70. The molecule has 2 rings (SSSR count). The van der Waals surface area contributed by atoms with Crippen molar-refractivity contribution in [1.82, 2.24) is 4.72 Å². The molecule has 0 spiro atoms. The Morgan fingerprint density at radius 3 is 2.36 bits per heavy atom. The minimum Gasteiger partial charge on any atom is -0.216 e. The lowest BCUT2D eigenvalue weighted by molar-refractivity contribution is 0.152. The second kappa shape index (κ2) is 4.62. The first kappa shape index (κ1) is 10.4. The molecule has 0 aromatic heterocycles. The Bertz CT molecular complexity index is 257. The highest BCUT2D eigenvalue weighted by molar-refractivity contribution is 7.70. The predicted molar refractivity (Wildman–Crippen MR) is 56.5 cm³/mol. The quantitative estimate of drug-likeness (QED) is 0.688. The highest BCUT2D eigenvalue weighted by Crippen LogP contribution is 2.40. The molecule has 3 atom stereocenters. The molecular weight excluding hydrogens is 198 g/mol. The molecule has 0 heterocycles. The van der Waals surface area contributed by atoms with Crippen LogP contribution >= 0.6 is 0 Å². The van der Waals surface area contributed by atoms with Crippen LogP contribution in [0.1, 0.15) is 44.9 Å². The molecule has 3 unspecified atom stereocenters. The summed E-state index contributed by atoms with van der Waals surface area (Å²) in [4.78, 5) is 0. The van der Waals surface area contributed by atoms with E-state index in [0.29, 0.717) is 0 Å². The van der Waals surface area contributed by atoms with Gasteiger partial charge in [0.2, 0.25) is 10.9 Å². The number of rotatable bonds is 2. The van der Waals surface area contributed by atoms with Gasteiger partial charge in [-0.3, -0.25) is 0 Å². The molecule has 0 amide bonds. The van der Waals surface area contributed by atoms with Crippen molar-refractivity contribution in [2.45, 2.75) is 51.0 Å². The number of nitrogens with one attached hydrogen (secondary N) is 1. The summed E-state index contributed by atoms with van der Waals surface area (Å²) in [6, 6.07) is 0.232. The van der Waals surface area contributed by atoms with Crippen LogP contribution in [0.15, 0.2) is 0 Å². The van der Waals surface area contributed by atoms with E-state index in [1.54, 1.807) is 0 Å². The van der Waals surface area contributed by atoms with E-state index in [0.717, 1.165) is 24.7 Å². The molecule has 2 aliphatic carbocycles. The van der Waals surface area contributed by atoms with Gasteiger partial charge in [-0.2, -0.15) is 0 Å². The lowest BCUT2D eigenvalue weighted by Gasteiger charge is -2.38. The molecule has 2 fully saturated rings. The first-order valence-electron chi connectivity index (χ1n) is 5.66. The van der Waals surface area contributed by atoms with E-state index >= 15 is 0 Å². The molecule has 1 N–H and O–H groups in total. The molecule has 82 valence electrons. The Balaban J connectivity index is 1.89. The van der Waals surface area contributed by atoms with E-state index < -0.39 is 10.9 Å². The summed E-state index contributed by atoms with van der Waals surface area (Å²) in [5.41, 5.74) is 0. The predicted octanol–water partition coefficient (Wildman–Crippen LogP) is 1.46. The summed E-state index contributed by atoms with van der Waals surface area (Å²) >= 11 is 0. The smallest absolute Gasteiger partial charge is 0.201 e. The third-order valence-corrected chi connectivity index (χ3v) is 4.40. The minimum absolute atomic E-state index is 0.232. The molecule has 0 aromatic rings. The maximum absolute atomic E-state index is 10.6. The molecule has 0 bridgehead atoms. The number of hydrogen-bond acceptors (Lipinski definition) is 2. The van der Waals surface area contributed by atoms with Crippen LogP contribution < -0.4 is 4.72 Å². The van der Waals surface area contributed by atoms with Gasteiger partial charge in [0.25, 0.3) is 0 Å². The number of thiol groups is 1. The largest absolute Gasteiger partial charge is 0.216 e. The third-order valence-electron chi connectivity index (χ3n) is 3.83. The van der Waals surface area contributed by atoms with Gasteiger partial charge in [0.15, 0.2) is 0 Å². The van der Waals surface area contributed by atoms with Crippen molar-refractivity contribution < 1.29 is 8.42 Å². The summed E-state index contributed by atoms with van der Waals surface area (Å²) < 4.78 is 23.8. The molecule has 3 nitrogen and oxygen atoms in total. The molecule has 0 radical (unpaired) electrons. The zero-order valence-corrected chi connectivity index (χ0v) is 9.34. The van der Waals surface area contributed by atoms with Gasteiger partial charge in [-0.1, -0.05) is 25.7 Å². The molecule has 4 heteroatoms. The Labute approximate surface area is 87.4 Å². The lowest BCUT2D eigenvalue weighted by atomic mass is 9.70. The van der Waals surface area contributed by atoms with Crippen LogP contribution in [0, 0.1) is 11.8 Å². The standard InChI is InChI=1S/C10H19NO2S/c12-14(13)11-10-6-5-8-3-1-2-4-9(8)7-10/h8-10,14H,1-7H2,(H,11,12,13). The summed E-state index contributed by atoms with van der Waals surface area (Å²) in [7, 11) is -2.40. The first-order valence-corrected chi connectivity index (χ1v) is 6.84. The van der Waals surface area contributed by atoms with Crippen molar-refractivity contribution in [3.05, 3.63) is 0 Å². The van der Waals surface area contributed by atoms with E-state index in [9.17, 15) is 8.42 Å². The highest BCUT2D eigenvalue weighted by atomic mass is 32.2. The van der Waals surface area contributed by atoms with Gasteiger partial charge in [-0.25, -0.2) is 13.1 Å².